The monoisotopic (exact) mass is 454 g/mol. The number of likely N-dealkylation sites (tertiary alicyclic amines) is 1. The molecule has 4 rings (SSSR count). The van der Waals surface area contributed by atoms with Gasteiger partial charge in [0.15, 0.2) is 0 Å². The fourth-order valence-electron chi connectivity index (χ4n) is 4.63. The van der Waals surface area contributed by atoms with E-state index >= 15 is 0 Å². The van der Waals surface area contributed by atoms with Gasteiger partial charge in [0.05, 0.1) is 23.9 Å². The van der Waals surface area contributed by atoms with E-state index in [9.17, 15) is 14.0 Å². The summed E-state index contributed by atoms with van der Waals surface area (Å²) in [5.41, 5.74) is 2.81. The van der Waals surface area contributed by atoms with Crippen molar-refractivity contribution in [1.29, 1.82) is 0 Å². The first-order chi connectivity index (χ1) is 15.8. The van der Waals surface area contributed by atoms with Gasteiger partial charge >= 0.3 is 0 Å². The van der Waals surface area contributed by atoms with Crippen molar-refractivity contribution in [2.45, 2.75) is 57.2 Å². The Kier molecular flexibility index (Phi) is 6.65. The number of hydrogen-bond donors (Lipinski definition) is 2. The van der Waals surface area contributed by atoms with Crippen LogP contribution in [0.25, 0.3) is 0 Å². The molecule has 0 unspecified atom stereocenters. The second kappa shape index (κ2) is 9.47. The number of aliphatic imine (C=N–C) groups is 1. The number of amides is 2. The molecule has 3 heterocycles. The summed E-state index contributed by atoms with van der Waals surface area (Å²) < 4.78 is 18.7. The summed E-state index contributed by atoms with van der Waals surface area (Å²) in [6.45, 7) is 5.18. The fraction of sp³-hybridized carbons (Fsp3) is 0.480. The van der Waals surface area contributed by atoms with Gasteiger partial charge in [-0.3, -0.25) is 14.6 Å². The standard InChI is InChI=1S/C25H31FN4O3/c1-25(2)13-17-12-20(28-22(17)14-27-25)23(31)29-21(11-16-6-8-18(26)9-7-16)24(32)30-10-4-5-19(30)15-33-3/h6-9,12,14,19,21,28H,4-5,10-11,13,15H2,1-3H3,(H,29,31)/t19-,21+/m1/s1. The Morgan fingerprint density at radius 1 is 1.33 bits per heavy atom. The Bertz CT molecular complexity index is 1040. The molecule has 2 aromatic rings. The molecule has 1 saturated heterocycles. The summed E-state index contributed by atoms with van der Waals surface area (Å²) >= 11 is 0. The first kappa shape index (κ1) is 23.2. The van der Waals surface area contributed by atoms with Crippen molar-refractivity contribution in [2.24, 2.45) is 4.99 Å². The topological polar surface area (TPSA) is 86.8 Å². The third-order valence-electron chi connectivity index (χ3n) is 6.32. The van der Waals surface area contributed by atoms with E-state index in [1.165, 1.54) is 12.1 Å². The fourth-order valence-corrected chi connectivity index (χ4v) is 4.63. The predicted octanol–water partition coefficient (Wildman–Crippen LogP) is 2.89. The van der Waals surface area contributed by atoms with Crippen LogP contribution in [-0.2, 0) is 22.4 Å². The van der Waals surface area contributed by atoms with E-state index in [-0.39, 0.29) is 35.6 Å². The van der Waals surface area contributed by atoms with Gasteiger partial charge in [-0.05, 0) is 62.4 Å². The molecule has 2 aliphatic rings. The molecule has 0 bridgehead atoms. The van der Waals surface area contributed by atoms with Gasteiger partial charge in [0.25, 0.3) is 5.91 Å². The van der Waals surface area contributed by atoms with Crippen molar-refractivity contribution in [2.75, 3.05) is 20.3 Å². The lowest BCUT2D eigenvalue weighted by molar-refractivity contribution is -0.135. The van der Waals surface area contributed by atoms with Crippen LogP contribution < -0.4 is 5.32 Å². The van der Waals surface area contributed by atoms with Crippen LogP contribution in [0, 0.1) is 5.82 Å². The Morgan fingerprint density at radius 2 is 2.09 bits per heavy atom. The number of rotatable bonds is 7. The highest BCUT2D eigenvalue weighted by Crippen LogP contribution is 2.25. The predicted molar refractivity (Wildman–Crippen MR) is 124 cm³/mol. The summed E-state index contributed by atoms with van der Waals surface area (Å²) in [6.07, 6.45) is 4.53. The molecule has 0 saturated carbocycles. The molecule has 0 radical (unpaired) electrons. The van der Waals surface area contributed by atoms with E-state index in [0.29, 0.717) is 18.8 Å². The van der Waals surface area contributed by atoms with Crippen molar-refractivity contribution in [3.63, 3.8) is 0 Å². The number of carbonyl (C=O) groups is 2. The van der Waals surface area contributed by atoms with Gasteiger partial charge in [-0.1, -0.05) is 12.1 Å². The molecule has 2 aliphatic heterocycles. The van der Waals surface area contributed by atoms with Crippen LogP contribution in [0.15, 0.2) is 35.3 Å². The maximum absolute atomic E-state index is 13.5. The molecule has 8 heteroatoms. The number of nitrogens with zero attached hydrogens (tertiary/aromatic N) is 2. The van der Waals surface area contributed by atoms with Gasteiger partial charge in [-0.15, -0.1) is 0 Å². The summed E-state index contributed by atoms with van der Waals surface area (Å²) in [5, 5.41) is 2.93. The highest BCUT2D eigenvalue weighted by Gasteiger charge is 2.34. The number of H-pyrrole nitrogens is 1. The third kappa shape index (κ3) is 5.33. The summed E-state index contributed by atoms with van der Waals surface area (Å²) in [7, 11) is 1.62. The highest BCUT2D eigenvalue weighted by molar-refractivity contribution is 5.98. The number of hydrogen-bond acceptors (Lipinski definition) is 4. The lowest BCUT2D eigenvalue weighted by atomic mass is 9.93. The number of nitrogens with one attached hydrogen (secondary N) is 2. The second-order valence-corrected chi connectivity index (χ2v) is 9.51. The molecule has 0 spiro atoms. The maximum Gasteiger partial charge on any atom is 0.268 e. The molecule has 1 aromatic heterocycles. The van der Waals surface area contributed by atoms with Crippen LogP contribution in [-0.4, -0.2) is 65.8 Å². The number of aromatic nitrogens is 1. The molecular formula is C25H31FN4O3. The zero-order chi connectivity index (χ0) is 23.6. The Balaban J connectivity index is 1.55. The van der Waals surface area contributed by atoms with Crippen molar-refractivity contribution in [1.82, 2.24) is 15.2 Å². The Hall–Kier alpha value is -3.00. The minimum Gasteiger partial charge on any atom is -0.383 e. The lowest BCUT2D eigenvalue weighted by Gasteiger charge is -2.29. The van der Waals surface area contributed by atoms with E-state index in [2.05, 4.69) is 15.3 Å². The minimum atomic E-state index is -0.772. The van der Waals surface area contributed by atoms with Gasteiger partial charge in [0.1, 0.15) is 17.6 Å². The van der Waals surface area contributed by atoms with E-state index < -0.39 is 6.04 Å². The molecule has 1 aromatic carbocycles. The minimum absolute atomic E-state index is 0.00800. The maximum atomic E-state index is 13.5. The van der Waals surface area contributed by atoms with Crippen LogP contribution in [0.2, 0.25) is 0 Å². The van der Waals surface area contributed by atoms with Gasteiger partial charge < -0.3 is 19.9 Å². The molecule has 33 heavy (non-hydrogen) atoms. The number of halogens is 1. The molecular weight excluding hydrogens is 423 g/mol. The number of fused-ring (bicyclic) bond motifs is 1. The zero-order valence-corrected chi connectivity index (χ0v) is 19.4. The number of aromatic amines is 1. The highest BCUT2D eigenvalue weighted by atomic mass is 19.1. The van der Waals surface area contributed by atoms with E-state index in [1.807, 2.05) is 19.9 Å². The van der Waals surface area contributed by atoms with Crippen molar-refractivity contribution in [3.05, 3.63) is 58.7 Å². The molecule has 1 fully saturated rings. The van der Waals surface area contributed by atoms with Crippen LogP contribution in [0.3, 0.4) is 0 Å². The molecule has 176 valence electrons. The first-order valence-electron chi connectivity index (χ1n) is 11.4. The van der Waals surface area contributed by atoms with E-state index in [1.54, 1.807) is 30.4 Å². The van der Waals surface area contributed by atoms with Crippen molar-refractivity contribution >= 4 is 18.0 Å². The number of ether oxygens (including phenoxy) is 1. The third-order valence-corrected chi connectivity index (χ3v) is 6.32. The molecule has 2 N–H and O–H groups in total. The van der Waals surface area contributed by atoms with Gasteiger partial charge in [0, 0.05) is 26.3 Å². The number of benzene rings is 1. The summed E-state index contributed by atoms with van der Waals surface area (Å²) in [5.74, 6) is -0.836. The Morgan fingerprint density at radius 3 is 2.82 bits per heavy atom. The largest absolute Gasteiger partial charge is 0.383 e. The summed E-state index contributed by atoms with van der Waals surface area (Å²) in [4.78, 5) is 36.1. The lowest BCUT2D eigenvalue weighted by Crippen LogP contribution is -2.51. The average Bonchev–Trinajstić information content (AvgIpc) is 3.40. The van der Waals surface area contributed by atoms with Gasteiger partial charge in [-0.25, -0.2) is 4.39 Å². The molecule has 2 amide bonds. The molecule has 7 nitrogen and oxygen atoms in total. The van der Waals surface area contributed by atoms with E-state index in [0.717, 1.165) is 36.1 Å². The molecule has 0 aliphatic carbocycles. The van der Waals surface area contributed by atoms with E-state index in [4.69, 9.17) is 4.74 Å². The normalized spacial score (nSPS) is 19.9. The van der Waals surface area contributed by atoms with Crippen LogP contribution >= 0.6 is 0 Å². The van der Waals surface area contributed by atoms with Crippen LogP contribution in [0.1, 0.15) is 54.0 Å². The van der Waals surface area contributed by atoms with Crippen molar-refractivity contribution in [3.8, 4) is 0 Å². The number of carbonyl (C=O) groups excluding carboxylic acids is 2. The SMILES string of the molecule is COC[C@H]1CCCN1C(=O)[C@H](Cc1ccc(F)cc1)NC(=O)c1cc2c([nH]1)C=NC(C)(C)C2. The first-order valence-corrected chi connectivity index (χ1v) is 11.4. The van der Waals surface area contributed by atoms with Crippen LogP contribution in [0.5, 0.6) is 0 Å². The van der Waals surface area contributed by atoms with Gasteiger partial charge in [0.2, 0.25) is 5.91 Å². The second-order valence-electron chi connectivity index (χ2n) is 9.51. The van der Waals surface area contributed by atoms with Crippen LogP contribution in [0.4, 0.5) is 4.39 Å². The number of methoxy groups -OCH3 is 1. The Labute approximate surface area is 193 Å². The average molecular weight is 455 g/mol. The summed E-state index contributed by atoms with van der Waals surface area (Å²) in [6, 6.07) is 7.07. The quantitative estimate of drug-likeness (QED) is 0.675. The smallest absolute Gasteiger partial charge is 0.268 e. The van der Waals surface area contributed by atoms with Gasteiger partial charge in [-0.2, -0.15) is 0 Å². The van der Waals surface area contributed by atoms with Crippen molar-refractivity contribution < 1.29 is 18.7 Å². The molecule has 2 atom stereocenters. The zero-order valence-electron chi connectivity index (χ0n) is 19.4.